The van der Waals surface area contributed by atoms with Crippen molar-refractivity contribution in [3.05, 3.63) is 35.9 Å². The minimum absolute atomic E-state index is 0.202. The number of rotatable bonds is 5. The molecule has 1 aromatic carbocycles. The second kappa shape index (κ2) is 7.24. The van der Waals surface area contributed by atoms with Crippen LogP contribution in [0.1, 0.15) is 37.3 Å². The molecular weight excluding hydrogens is 295 g/mol. The fourth-order valence-electron chi connectivity index (χ4n) is 2.96. The van der Waals surface area contributed by atoms with E-state index in [0.29, 0.717) is 18.4 Å². The van der Waals surface area contributed by atoms with Gasteiger partial charge in [0, 0.05) is 12.3 Å². The van der Waals surface area contributed by atoms with Crippen molar-refractivity contribution in [2.75, 3.05) is 6.61 Å². The van der Waals surface area contributed by atoms with E-state index < -0.39 is 30.8 Å². The second-order valence-corrected chi connectivity index (χ2v) is 5.65. The standard InChI is InChI=1S/C16H20F3NO2/c17-16(18,19)15(12-8-4-5-9-14(12)22)20-13(10-21)11-6-2-1-3-7-11/h1-3,6-7,12-13,15,20-21H,4-5,8-10H2/t12-,13+,15-/m1/s1. The molecule has 3 atom stereocenters. The lowest BCUT2D eigenvalue weighted by Crippen LogP contribution is -2.52. The predicted molar refractivity (Wildman–Crippen MR) is 76.2 cm³/mol. The number of Topliss-reactive ketones (excluding diaryl/α,β-unsaturated/α-hetero) is 1. The maximum absolute atomic E-state index is 13.4. The van der Waals surface area contributed by atoms with E-state index in [4.69, 9.17) is 0 Å². The first kappa shape index (κ1) is 17.0. The van der Waals surface area contributed by atoms with E-state index in [9.17, 15) is 23.1 Å². The van der Waals surface area contributed by atoms with Gasteiger partial charge in [-0.05, 0) is 18.4 Å². The van der Waals surface area contributed by atoms with Gasteiger partial charge in [-0.1, -0.05) is 36.8 Å². The Morgan fingerprint density at radius 1 is 1.23 bits per heavy atom. The molecule has 0 aromatic heterocycles. The molecule has 1 fully saturated rings. The molecule has 0 amide bonds. The largest absolute Gasteiger partial charge is 0.404 e. The van der Waals surface area contributed by atoms with Crippen molar-refractivity contribution in [1.29, 1.82) is 0 Å². The molecule has 0 aliphatic heterocycles. The number of halogens is 3. The van der Waals surface area contributed by atoms with E-state index in [1.54, 1.807) is 30.3 Å². The van der Waals surface area contributed by atoms with E-state index in [0.717, 1.165) is 0 Å². The number of carbonyl (C=O) groups is 1. The minimum Gasteiger partial charge on any atom is -0.394 e. The van der Waals surface area contributed by atoms with Crippen LogP contribution in [-0.2, 0) is 4.79 Å². The van der Waals surface area contributed by atoms with E-state index in [-0.39, 0.29) is 18.6 Å². The molecule has 0 radical (unpaired) electrons. The number of carbonyl (C=O) groups excluding carboxylic acids is 1. The maximum Gasteiger partial charge on any atom is 0.404 e. The number of nitrogens with one attached hydrogen (secondary N) is 1. The first-order valence-corrected chi connectivity index (χ1v) is 7.44. The van der Waals surface area contributed by atoms with Crippen LogP contribution in [0.2, 0.25) is 0 Å². The quantitative estimate of drug-likeness (QED) is 0.878. The molecule has 0 bridgehead atoms. The maximum atomic E-state index is 13.4. The van der Waals surface area contributed by atoms with E-state index in [1.807, 2.05) is 0 Å². The third-order valence-electron chi connectivity index (χ3n) is 4.12. The van der Waals surface area contributed by atoms with Crippen LogP contribution < -0.4 is 5.32 Å². The number of aliphatic hydroxyl groups excluding tert-OH is 1. The van der Waals surface area contributed by atoms with Gasteiger partial charge in [0.05, 0.1) is 12.6 Å². The highest BCUT2D eigenvalue weighted by Crippen LogP contribution is 2.34. The van der Waals surface area contributed by atoms with Gasteiger partial charge in [-0.2, -0.15) is 13.2 Å². The zero-order valence-corrected chi connectivity index (χ0v) is 12.1. The van der Waals surface area contributed by atoms with Gasteiger partial charge in [-0.3, -0.25) is 10.1 Å². The minimum atomic E-state index is -4.53. The molecule has 0 unspecified atom stereocenters. The second-order valence-electron chi connectivity index (χ2n) is 5.65. The van der Waals surface area contributed by atoms with Gasteiger partial charge in [0.1, 0.15) is 11.8 Å². The first-order chi connectivity index (χ1) is 10.4. The van der Waals surface area contributed by atoms with Gasteiger partial charge < -0.3 is 5.11 Å². The third kappa shape index (κ3) is 4.08. The summed E-state index contributed by atoms with van der Waals surface area (Å²) < 4.78 is 40.2. The molecule has 6 heteroatoms. The fraction of sp³-hybridized carbons (Fsp3) is 0.562. The van der Waals surface area contributed by atoms with Crippen LogP contribution in [0.4, 0.5) is 13.2 Å². The van der Waals surface area contributed by atoms with Gasteiger partial charge in [-0.25, -0.2) is 0 Å². The normalized spacial score (nSPS) is 22.4. The smallest absolute Gasteiger partial charge is 0.394 e. The Labute approximate surface area is 127 Å². The average Bonchev–Trinajstić information content (AvgIpc) is 2.49. The third-order valence-corrected chi connectivity index (χ3v) is 4.12. The molecule has 0 saturated heterocycles. The van der Waals surface area contributed by atoms with Gasteiger partial charge in [0.25, 0.3) is 0 Å². The first-order valence-electron chi connectivity index (χ1n) is 7.44. The zero-order valence-electron chi connectivity index (χ0n) is 12.1. The highest BCUT2D eigenvalue weighted by Gasteiger charge is 2.48. The lowest BCUT2D eigenvalue weighted by molar-refractivity contribution is -0.176. The molecule has 3 nitrogen and oxygen atoms in total. The molecule has 2 N–H and O–H groups in total. The number of hydrogen-bond donors (Lipinski definition) is 2. The average molecular weight is 315 g/mol. The SMILES string of the molecule is O=C1CCCC[C@H]1[C@@H](N[C@@H](CO)c1ccccc1)C(F)(F)F. The van der Waals surface area contributed by atoms with Crippen molar-refractivity contribution in [2.24, 2.45) is 5.92 Å². The van der Waals surface area contributed by atoms with E-state index in [1.165, 1.54) is 0 Å². The summed E-state index contributed by atoms with van der Waals surface area (Å²) in [5.41, 5.74) is 0.572. The molecule has 0 heterocycles. The van der Waals surface area contributed by atoms with Gasteiger partial charge in [0.2, 0.25) is 0 Å². The monoisotopic (exact) mass is 315 g/mol. The lowest BCUT2D eigenvalue weighted by Gasteiger charge is -2.34. The van der Waals surface area contributed by atoms with E-state index >= 15 is 0 Å². The number of benzene rings is 1. The Hall–Kier alpha value is -1.40. The highest BCUT2D eigenvalue weighted by atomic mass is 19.4. The molecule has 1 aromatic rings. The number of ketones is 1. The summed E-state index contributed by atoms with van der Waals surface area (Å²) in [6.07, 6.45) is -2.81. The van der Waals surface area contributed by atoms with Crippen LogP contribution in [0.3, 0.4) is 0 Å². The topological polar surface area (TPSA) is 49.3 Å². The van der Waals surface area contributed by atoms with Gasteiger partial charge in [-0.15, -0.1) is 0 Å². The number of alkyl halides is 3. The Bertz CT molecular complexity index is 490. The van der Waals surface area contributed by atoms with Crippen molar-refractivity contribution < 1.29 is 23.1 Å². The summed E-state index contributed by atoms with van der Waals surface area (Å²) in [7, 11) is 0. The van der Waals surface area contributed by atoms with Crippen LogP contribution >= 0.6 is 0 Å². The number of aliphatic hydroxyl groups is 1. The van der Waals surface area contributed by atoms with Crippen molar-refractivity contribution in [1.82, 2.24) is 5.32 Å². The Morgan fingerprint density at radius 2 is 1.91 bits per heavy atom. The van der Waals surface area contributed by atoms with Crippen LogP contribution in [0, 0.1) is 5.92 Å². The molecule has 122 valence electrons. The van der Waals surface area contributed by atoms with Crippen molar-refractivity contribution >= 4 is 5.78 Å². The molecule has 1 aliphatic rings. The van der Waals surface area contributed by atoms with Gasteiger partial charge >= 0.3 is 6.18 Å². The summed E-state index contributed by atoms with van der Waals surface area (Å²) in [5.74, 6) is -1.41. The van der Waals surface area contributed by atoms with Crippen LogP contribution in [-0.4, -0.2) is 29.7 Å². The zero-order chi connectivity index (χ0) is 16.2. The summed E-state index contributed by atoms with van der Waals surface area (Å²) in [6.45, 7) is -0.461. The molecule has 1 saturated carbocycles. The summed E-state index contributed by atoms with van der Waals surface area (Å²) >= 11 is 0. The molecule has 2 rings (SSSR count). The Kier molecular flexibility index (Phi) is 5.58. The Balaban J connectivity index is 2.20. The highest BCUT2D eigenvalue weighted by molar-refractivity contribution is 5.82. The summed E-state index contributed by atoms with van der Waals surface area (Å²) in [4.78, 5) is 11.9. The molecule has 1 aliphatic carbocycles. The van der Waals surface area contributed by atoms with Crippen LogP contribution in [0.25, 0.3) is 0 Å². The van der Waals surface area contributed by atoms with Gasteiger partial charge in [0.15, 0.2) is 0 Å². The summed E-state index contributed by atoms with van der Waals surface area (Å²) in [5, 5.41) is 11.9. The Morgan fingerprint density at radius 3 is 2.45 bits per heavy atom. The van der Waals surface area contributed by atoms with Crippen molar-refractivity contribution in [3.8, 4) is 0 Å². The number of hydrogen-bond acceptors (Lipinski definition) is 3. The van der Waals surface area contributed by atoms with Crippen LogP contribution in [0.15, 0.2) is 30.3 Å². The van der Waals surface area contributed by atoms with Crippen molar-refractivity contribution in [2.45, 2.75) is 43.9 Å². The fourth-order valence-corrected chi connectivity index (χ4v) is 2.96. The van der Waals surface area contributed by atoms with E-state index in [2.05, 4.69) is 5.32 Å². The molecule has 0 spiro atoms. The predicted octanol–water partition coefficient (Wildman–Crippen LogP) is 3.00. The van der Waals surface area contributed by atoms with Crippen molar-refractivity contribution in [3.63, 3.8) is 0 Å². The molecular formula is C16H20F3NO2. The molecule has 22 heavy (non-hydrogen) atoms. The summed E-state index contributed by atoms with van der Waals surface area (Å²) in [6, 6.07) is 5.71. The lowest BCUT2D eigenvalue weighted by atomic mass is 9.82. The van der Waals surface area contributed by atoms with Crippen LogP contribution in [0.5, 0.6) is 0 Å².